The molecular weight excluding hydrogens is 272 g/mol. The van der Waals surface area contributed by atoms with Gasteiger partial charge < -0.3 is 19.5 Å². The van der Waals surface area contributed by atoms with E-state index in [9.17, 15) is 4.79 Å². The summed E-state index contributed by atoms with van der Waals surface area (Å²) in [6.45, 7) is 2.95. The van der Waals surface area contributed by atoms with Crippen LogP contribution < -0.4 is 10.1 Å². The monoisotopic (exact) mass is 288 g/mol. The van der Waals surface area contributed by atoms with Crippen LogP contribution in [0, 0.1) is 6.92 Å². The summed E-state index contributed by atoms with van der Waals surface area (Å²) in [5.41, 5.74) is 0.734. The first-order chi connectivity index (χ1) is 10.2. The highest BCUT2D eigenvalue weighted by Crippen LogP contribution is 2.26. The Morgan fingerprint density at radius 1 is 1.38 bits per heavy atom. The number of urea groups is 1. The number of benzene rings is 1. The molecule has 1 fully saturated rings. The van der Waals surface area contributed by atoms with Crippen molar-refractivity contribution in [1.82, 2.24) is 15.0 Å². The van der Waals surface area contributed by atoms with E-state index in [1.807, 2.05) is 0 Å². The molecule has 2 heterocycles. The largest absolute Gasteiger partial charge is 0.497 e. The van der Waals surface area contributed by atoms with Gasteiger partial charge in [-0.05, 0) is 31.2 Å². The minimum absolute atomic E-state index is 0.132. The van der Waals surface area contributed by atoms with E-state index in [0.717, 1.165) is 11.4 Å². The quantitative estimate of drug-likeness (QED) is 0.934. The maximum atomic E-state index is 12.0. The number of carbonyl (C=O) groups is 1. The van der Waals surface area contributed by atoms with E-state index in [2.05, 4.69) is 15.5 Å². The number of hydrogen-bond acceptors (Lipinski definition) is 5. The number of aromatic nitrogens is 2. The third-order valence-electron chi connectivity index (χ3n) is 3.40. The molecule has 1 saturated heterocycles. The maximum absolute atomic E-state index is 12.0. The topological polar surface area (TPSA) is 80.5 Å². The second kappa shape index (κ2) is 5.43. The van der Waals surface area contributed by atoms with Gasteiger partial charge in [0.1, 0.15) is 5.75 Å². The number of amides is 2. The number of rotatable bonds is 3. The number of nitrogens with one attached hydrogen (secondary N) is 1. The number of nitrogens with zero attached hydrogens (tertiary/aromatic N) is 3. The highest BCUT2D eigenvalue weighted by molar-refractivity contribution is 5.90. The third-order valence-corrected chi connectivity index (χ3v) is 3.40. The number of likely N-dealkylation sites (tertiary alicyclic amines) is 1. The molecule has 7 heteroatoms. The molecule has 0 atom stereocenters. The molecule has 0 bridgehead atoms. The van der Waals surface area contributed by atoms with Crippen LogP contribution in [0.4, 0.5) is 10.5 Å². The number of anilines is 1. The summed E-state index contributed by atoms with van der Waals surface area (Å²) in [5.74, 6) is 2.10. The Kier molecular flexibility index (Phi) is 3.47. The average Bonchev–Trinajstić information content (AvgIpc) is 2.84. The predicted molar refractivity (Wildman–Crippen MR) is 75.4 cm³/mol. The van der Waals surface area contributed by atoms with Gasteiger partial charge in [0.15, 0.2) is 5.82 Å². The standard InChI is InChI=1S/C14H16N4O3/c1-9-15-13(21-17-9)10-7-18(8-10)14(19)16-11-3-5-12(20-2)6-4-11/h3-6,10H,7-8H2,1-2H3,(H,16,19). The van der Waals surface area contributed by atoms with Gasteiger partial charge in [0.25, 0.3) is 0 Å². The highest BCUT2D eigenvalue weighted by atomic mass is 16.5. The fourth-order valence-corrected chi connectivity index (χ4v) is 2.16. The molecule has 0 unspecified atom stereocenters. The lowest BCUT2D eigenvalue weighted by molar-refractivity contribution is 0.147. The summed E-state index contributed by atoms with van der Waals surface area (Å²) in [6, 6.07) is 7.07. The first kappa shape index (κ1) is 13.4. The van der Waals surface area contributed by atoms with Gasteiger partial charge in [-0.25, -0.2) is 4.79 Å². The van der Waals surface area contributed by atoms with E-state index in [1.165, 1.54) is 0 Å². The van der Waals surface area contributed by atoms with Gasteiger partial charge in [-0.1, -0.05) is 5.16 Å². The van der Waals surface area contributed by atoms with Crippen molar-refractivity contribution in [3.63, 3.8) is 0 Å². The van der Waals surface area contributed by atoms with Crippen molar-refractivity contribution in [2.45, 2.75) is 12.8 Å². The molecule has 0 radical (unpaired) electrons. The van der Waals surface area contributed by atoms with Gasteiger partial charge in [-0.2, -0.15) is 4.98 Å². The third kappa shape index (κ3) is 2.81. The van der Waals surface area contributed by atoms with Crippen molar-refractivity contribution in [3.8, 4) is 5.75 Å². The number of ether oxygens (including phenoxy) is 1. The van der Waals surface area contributed by atoms with Crippen LogP contribution >= 0.6 is 0 Å². The minimum atomic E-state index is -0.132. The Bertz CT molecular complexity index is 632. The first-order valence-corrected chi connectivity index (χ1v) is 6.66. The van der Waals surface area contributed by atoms with Crippen LogP contribution in [0.1, 0.15) is 17.6 Å². The van der Waals surface area contributed by atoms with E-state index < -0.39 is 0 Å². The number of carbonyl (C=O) groups excluding carboxylic acids is 1. The molecular formula is C14H16N4O3. The summed E-state index contributed by atoms with van der Waals surface area (Å²) in [7, 11) is 1.60. The average molecular weight is 288 g/mol. The molecule has 1 aliphatic heterocycles. The van der Waals surface area contributed by atoms with E-state index >= 15 is 0 Å². The summed E-state index contributed by atoms with van der Waals surface area (Å²) >= 11 is 0. The van der Waals surface area contributed by atoms with Crippen LogP contribution in [0.2, 0.25) is 0 Å². The van der Waals surface area contributed by atoms with Crippen molar-refractivity contribution in [3.05, 3.63) is 36.0 Å². The molecule has 3 rings (SSSR count). The minimum Gasteiger partial charge on any atom is -0.497 e. The zero-order chi connectivity index (χ0) is 14.8. The van der Waals surface area contributed by atoms with Crippen LogP contribution in [0.5, 0.6) is 5.75 Å². The lowest BCUT2D eigenvalue weighted by Crippen LogP contribution is -2.50. The van der Waals surface area contributed by atoms with E-state index in [-0.39, 0.29) is 11.9 Å². The van der Waals surface area contributed by atoms with E-state index in [4.69, 9.17) is 9.26 Å². The molecule has 1 N–H and O–H groups in total. The van der Waals surface area contributed by atoms with Gasteiger partial charge in [0, 0.05) is 18.8 Å². The fourth-order valence-electron chi connectivity index (χ4n) is 2.16. The number of hydrogen-bond donors (Lipinski definition) is 1. The zero-order valence-electron chi connectivity index (χ0n) is 11.9. The van der Waals surface area contributed by atoms with Crippen molar-refractivity contribution in [2.24, 2.45) is 0 Å². The van der Waals surface area contributed by atoms with E-state index in [0.29, 0.717) is 24.8 Å². The second-order valence-electron chi connectivity index (χ2n) is 4.94. The Hall–Kier alpha value is -2.57. The molecule has 0 aliphatic carbocycles. The molecule has 21 heavy (non-hydrogen) atoms. The summed E-state index contributed by atoms with van der Waals surface area (Å²) in [5, 5.41) is 6.59. The maximum Gasteiger partial charge on any atom is 0.321 e. The smallest absolute Gasteiger partial charge is 0.321 e. The van der Waals surface area contributed by atoms with Crippen LogP contribution in [-0.2, 0) is 0 Å². The molecule has 7 nitrogen and oxygen atoms in total. The summed E-state index contributed by atoms with van der Waals surface area (Å²) in [6.07, 6.45) is 0. The molecule has 0 spiro atoms. The van der Waals surface area contributed by atoms with Crippen molar-refractivity contribution < 1.29 is 14.1 Å². The van der Waals surface area contributed by atoms with Crippen LogP contribution in [0.25, 0.3) is 0 Å². The second-order valence-corrected chi connectivity index (χ2v) is 4.94. The first-order valence-electron chi connectivity index (χ1n) is 6.66. The zero-order valence-corrected chi connectivity index (χ0v) is 11.9. The normalized spacial score (nSPS) is 14.7. The lowest BCUT2D eigenvalue weighted by Gasteiger charge is -2.36. The number of aryl methyl sites for hydroxylation is 1. The van der Waals surface area contributed by atoms with Crippen LogP contribution in [0.3, 0.4) is 0 Å². The SMILES string of the molecule is COc1ccc(NC(=O)N2CC(c3nc(C)no3)C2)cc1. The highest BCUT2D eigenvalue weighted by Gasteiger charge is 2.35. The van der Waals surface area contributed by atoms with Gasteiger partial charge in [0.2, 0.25) is 5.89 Å². The van der Waals surface area contributed by atoms with Crippen molar-refractivity contribution in [1.29, 1.82) is 0 Å². The summed E-state index contributed by atoms with van der Waals surface area (Å²) in [4.78, 5) is 17.9. The van der Waals surface area contributed by atoms with Crippen LogP contribution in [-0.4, -0.2) is 41.3 Å². The van der Waals surface area contributed by atoms with Gasteiger partial charge in [-0.3, -0.25) is 0 Å². The Labute approximate surface area is 121 Å². The predicted octanol–water partition coefficient (Wildman–Crippen LogP) is 2.02. The Morgan fingerprint density at radius 3 is 2.67 bits per heavy atom. The molecule has 2 aromatic rings. The van der Waals surface area contributed by atoms with Gasteiger partial charge >= 0.3 is 6.03 Å². The lowest BCUT2D eigenvalue weighted by atomic mass is 10.0. The van der Waals surface area contributed by atoms with Crippen molar-refractivity contribution >= 4 is 11.7 Å². The van der Waals surface area contributed by atoms with Gasteiger partial charge in [0.05, 0.1) is 13.0 Å². The van der Waals surface area contributed by atoms with Gasteiger partial charge in [-0.15, -0.1) is 0 Å². The molecule has 0 saturated carbocycles. The number of methoxy groups -OCH3 is 1. The molecule has 1 aromatic carbocycles. The summed E-state index contributed by atoms with van der Waals surface area (Å²) < 4.78 is 10.2. The van der Waals surface area contributed by atoms with Crippen molar-refractivity contribution in [2.75, 3.05) is 25.5 Å². The fraction of sp³-hybridized carbons (Fsp3) is 0.357. The Morgan fingerprint density at radius 2 is 2.10 bits per heavy atom. The molecule has 2 amide bonds. The molecule has 1 aromatic heterocycles. The van der Waals surface area contributed by atoms with Crippen LogP contribution in [0.15, 0.2) is 28.8 Å². The Balaban J connectivity index is 1.53. The van der Waals surface area contributed by atoms with E-state index in [1.54, 1.807) is 43.2 Å². The molecule has 1 aliphatic rings. The molecule has 110 valence electrons.